The molecule has 0 aliphatic rings. The van der Waals surface area contributed by atoms with Crippen molar-refractivity contribution in [2.75, 3.05) is 11.1 Å². The topological polar surface area (TPSA) is 72.7 Å². The van der Waals surface area contributed by atoms with Crippen molar-refractivity contribution in [3.63, 3.8) is 0 Å². The molecule has 0 bridgehead atoms. The number of rotatable bonds is 7. The number of nitrogens with zero attached hydrogens (tertiary/aromatic N) is 4. The minimum absolute atomic E-state index is 0.153. The van der Waals surface area contributed by atoms with Crippen LogP contribution < -0.4 is 5.32 Å². The van der Waals surface area contributed by atoms with Crippen molar-refractivity contribution in [1.82, 2.24) is 19.7 Å². The van der Waals surface area contributed by atoms with E-state index in [2.05, 4.69) is 20.5 Å². The standard InChI is InChI=1S/C22H18FN5OS/c23-18-6-8-19(9-7-18)25-20(29)15-30-22-27-26-21(17-10-12-24-13-11-17)28(22)14-16-4-2-1-3-5-16/h1-13H,14-15H2,(H,25,29). The molecule has 0 fully saturated rings. The second-order valence-corrected chi connectivity index (χ2v) is 7.40. The largest absolute Gasteiger partial charge is 0.325 e. The molecule has 6 nitrogen and oxygen atoms in total. The molecule has 0 saturated carbocycles. The van der Waals surface area contributed by atoms with Crippen LogP contribution >= 0.6 is 11.8 Å². The predicted octanol–water partition coefficient (Wildman–Crippen LogP) is 4.26. The zero-order valence-corrected chi connectivity index (χ0v) is 16.7. The van der Waals surface area contributed by atoms with Gasteiger partial charge in [0.1, 0.15) is 5.82 Å². The first kappa shape index (κ1) is 19.8. The number of carbonyl (C=O) groups is 1. The van der Waals surface area contributed by atoms with Crippen LogP contribution in [0.2, 0.25) is 0 Å². The van der Waals surface area contributed by atoms with Gasteiger partial charge in [0.2, 0.25) is 5.91 Å². The summed E-state index contributed by atoms with van der Waals surface area (Å²) in [6.45, 7) is 0.577. The van der Waals surface area contributed by atoms with E-state index in [1.54, 1.807) is 12.4 Å². The van der Waals surface area contributed by atoms with Gasteiger partial charge in [-0.15, -0.1) is 10.2 Å². The lowest BCUT2D eigenvalue weighted by molar-refractivity contribution is -0.113. The summed E-state index contributed by atoms with van der Waals surface area (Å²) in [5.41, 5.74) is 2.55. The van der Waals surface area contributed by atoms with E-state index in [9.17, 15) is 9.18 Å². The van der Waals surface area contributed by atoms with Crippen molar-refractivity contribution in [2.24, 2.45) is 0 Å². The van der Waals surface area contributed by atoms with E-state index in [1.807, 2.05) is 47.0 Å². The van der Waals surface area contributed by atoms with Crippen LogP contribution in [0.15, 0.2) is 84.3 Å². The second kappa shape index (κ2) is 9.32. The van der Waals surface area contributed by atoms with Crippen LogP contribution in [0.1, 0.15) is 5.56 Å². The quantitative estimate of drug-likeness (QED) is 0.453. The summed E-state index contributed by atoms with van der Waals surface area (Å²) in [6, 6.07) is 19.4. The molecule has 150 valence electrons. The minimum atomic E-state index is -0.347. The van der Waals surface area contributed by atoms with Gasteiger partial charge in [0.05, 0.1) is 12.3 Å². The first-order chi connectivity index (χ1) is 14.7. The predicted molar refractivity (Wildman–Crippen MR) is 115 cm³/mol. The minimum Gasteiger partial charge on any atom is -0.325 e. The van der Waals surface area contributed by atoms with Gasteiger partial charge in [0.25, 0.3) is 0 Å². The van der Waals surface area contributed by atoms with Gasteiger partial charge in [-0.1, -0.05) is 42.1 Å². The van der Waals surface area contributed by atoms with Gasteiger partial charge in [-0.25, -0.2) is 4.39 Å². The van der Waals surface area contributed by atoms with Crippen LogP contribution in [-0.4, -0.2) is 31.4 Å². The highest BCUT2D eigenvalue weighted by molar-refractivity contribution is 7.99. The summed E-state index contributed by atoms with van der Waals surface area (Å²) in [5, 5.41) is 12.0. The van der Waals surface area contributed by atoms with E-state index in [0.29, 0.717) is 23.2 Å². The highest BCUT2D eigenvalue weighted by Crippen LogP contribution is 2.25. The molecule has 0 aliphatic heterocycles. The lowest BCUT2D eigenvalue weighted by Crippen LogP contribution is -2.14. The third-order valence-electron chi connectivity index (χ3n) is 4.30. The average Bonchev–Trinajstić information content (AvgIpc) is 3.17. The fraction of sp³-hybridized carbons (Fsp3) is 0.0909. The Morgan fingerprint density at radius 2 is 1.70 bits per heavy atom. The van der Waals surface area contributed by atoms with Crippen molar-refractivity contribution in [1.29, 1.82) is 0 Å². The van der Waals surface area contributed by atoms with Crippen LogP contribution in [0.5, 0.6) is 0 Å². The molecule has 0 spiro atoms. The Hall–Kier alpha value is -3.52. The molecule has 0 unspecified atom stereocenters. The molecule has 0 radical (unpaired) electrons. The third kappa shape index (κ3) is 4.90. The fourth-order valence-corrected chi connectivity index (χ4v) is 3.62. The molecule has 2 aromatic heterocycles. The highest BCUT2D eigenvalue weighted by atomic mass is 32.2. The summed E-state index contributed by atoms with van der Waals surface area (Å²) >= 11 is 1.30. The van der Waals surface area contributed by atoms with E-state index in [-0.39, 0.29) is 17.5 Å². The number of carbonyl (C=O) groups excluding carboxylic acids is 1. The maximum Gasteiger partial charge on any atom is 0.234 e. The van der Waals surface area contributed by atoms with Crippen LogP contribution in [0.25, 0.3) is 11.4 Å². The molecule has 2 aromatic carbocycles. The van der Waals surface area contributed by atoms with Gasteiger partial charge >= 0.3 is 0 Å². The smallest absolute Gasteiger partial charge is 0.234 e. The zero-order valence-electron chi connectivity index (χ0n) is 15.9. The molecule has 1 amide bonds. The number of amides is 1. The molecular weight excluding hydrogens is 401 g/mol. The van der Waals surface area contributed by atoms with Crippen LogP contribution in [0.4, 0.5) is 10.1 Å². The summed E-state index contributed by atoms with van der Waals surface area (Å²) < 4.78 is 15.0. The molecule has 8 heteroatoms. The number of benzene rings is 2. The van der Waals surface area contributed by atoms with Gasteiger partial charge in [-0.2, -0.15) is 0 Å². The summed E-state index contributed by atoms with van der Waals surface area (Å²) in [6.07, 6.45) is 3.42. The van der Waals surface area contributed by atoms with Gasteiger partial charge < -0.3 is 5.32 Å². The number of hydrogen-bond donors (Lipinski definition) is 1. The average molecular weight is 419 g/mol. The molecular formula is C22H18FN5OS. The summed E-state index contributed by atoms with van der Waals surface area (Å²) in [5.74, 6) is 0.315. The first-order valence-corrected chi connectivity index (χ1v) is 10.2. The van der Waals surface area contributed by atoms with Gasteiger partial charge in [0.15, 0.2) is 11.0 Å². The van der Waals surface area contributed by atoms with Gasteiger partial charge in [0, 0.05) is 23.6 Å². The van der Waals surface area contributed by atoms with Crippen molar-refractivity contribution < 1.29 is 9.18 Å². The Bertz CT molecular complexity index is 1120. The maximum atomic E-state index is 13.0. The highest BCUT2D eigenvalue weighted by Gasteiger charge is 2.16. The Morgan fingerprint density at radius 1 is 0.967 bits per heavy atom. The third-order valence-corrected chi connectivity index (χ3v) is 5.27. The Labute approximate surface area is 177 Å². The molecule has 4 rings (SSSR count). The van der Waals surface area contributed by atoms with Crippen molar-refractivity contribution in [3.05, 3.63) is 90.5 Å². The number of aromatic nitrogens is 4. The summed E-state index contributed by atoms with van der Waals surface area (Å²) in [4.78, 5) is 16.4. The molecule has 30 heavy (non-hydrogen) atoms. The molecule has 0 saturated heterocycles. The van der Waals surface area contributed by atoms with Gasteiger partial charge in [-0.3, -0.25) is 14.3 Å². The SMILES string of the molecule is O=C(CSc1nnc(-c2ccncc2)n1Cc1ccccc1)Nc1ccc(F)cc1. The maximum absolute atomic E-state index is 13.0. The number of hydrogen-bond acceptors (Lipinski definition) is 5. The number of thioether (sulfide) groups is 1. The molecule has 0 aliphatic carbocycles. The van der Waals surface area contributed by atoms with E-state index in [4.69, 9.17) is 0 Å². The number of nitrogens with one attached hydrogen (secondary N) is 1. The Morgan fingerprint density at radius 3 is 2.43 bits per heavy atom. The fourth-order valence-electron chi connectivity index (χ4n) is 2.88. The van der Waals surface area contributed by atoms with Crippen LogP contribution in [0.3, 0.4) is 0 Å². The lowest BCUT2D eigenvalue weighted by atomic mass is 10.2. The zero-order chi connectivity index (χ0) is 20.8. The molecule has 0 atom stereocenters. The van der Waals surface area contributed by atoms with E-state index >= 15 is 0 Å². The van der Waals surface area contributed by atoms with E-state index in [0.717, 1.165) is 11.1 Å². The second-order valence-electron chi connectivity index (χ2n) is 6.46. The lowest BCUT2D eigenvalue weighted by Gasteiger charge is -2.10. The Kier molecular flexibility index (Phi) is 6.14. The van der Waals surface area contributed by atoms with Crippen molar-refractivity contribution in [2.45, 2.75) is 11.7 Å². The molecule has 4 aromatic rings. The van der Waals surface area contributed by atoms with Crippen LogP contribution in [0, 0.1) is 5.82 Å². The van der Waals surface area contributed by atoms with E-state index in [1.165, 1.54) is 36.0 Å². The van der Waals surface area contributed by atoms with Crippen molar-refractivity contribution >= 4 is 23.4 Å². The molecule has 1 N–H and O–H groups in total. The van der Waals surface area contributed by atoms with Crippen molar-refractivity contribution in [3.8, 4) is 11.4 Å². The monoisotopic (exact) mass is 419 g/mol. The van der Waals surface area contributed by atoms with Crippen LogP contribution in [-0.2, 0) is 11.3 Å². The number of anilines is 1. The Balaban J connectivity index is 1.52. The molecule has 2 heterocycles. The number of pyridine rings is 1. The van der Waals surface area contributed by atoms with Gasteiger partial charge in [-0.05, 0) is 42.0 Å². The first-order valence-electron chi connectivity index (χ1n) is 9.25. The summed E-state index contributed by atoms with van der Waals surface area (Å²) in [7, 11) is 0. The number of halogens is 1. The van der Waals surface area contributed by atoms with E-state index < -0.39 is 0 Å². The normalized spacial score (nSPS) is 10.7.